The monoisotopic (exact) mass is 976 g/mol. The second-order valence-electron chi connectivity index (χ2n) is 16.5. The van der Waals surface area contributed by atoms with Crippen LogP contribution in [0.5, 0.6) is 0 Å². The molecule has 24 nitrogen and oxygen atoms in total. The zero-order valence-corrected chi connectivity index (χ0v) is 37.5. The molecule has 12 unspecified atom stereocenters. The van der Waals surface area contributed by atoms with Crippen molar-refractivity contribution in [3.63, 3.8) is 0 Å². The Morgan fingerprint density at radius 3 is 1.01 bits per heavy atom. The summed E-state index contributed by atoms with van der Waals surface area (Å²) in [6.45, 7) is 3.80. The van der Waals surface area contributed by atoms with E-state index in [1.165, 1.54) is 26.0 Å². The van der Waals surface area contributed by atoms with E-state index in [4.69, 9.17) is 37.9 Å². The molecular weight excluding hydrogens is 912 g/mol. The van der Waals surface area contributed by atoms with Crippen LogP contribution in [0, 0.1) is 0 Å². The maximum atomic E-state index is 12.8. The number of rotatable bonds is 18. The van der Waals surface area contributed by atoms with Gasteiger partial charge in [0.15, 0.2) is 12.6 Å². The highest BCUT2D eigenvalue weighted by atomic mass is 16.8. The van der Waals surface area contributed by atoms with E-state index in [9.17, 15) is 81.1 Å². The summed E-state index contributed by atoms with van der Waals surface area (Å²) in [5.41, 5.74) is 1.68. The van der Waals surface area contributed by atoms with Gasteiger partial charge in [-0.25, -0.2) is 9.59 Å². The largest absolute Gasteiger partial charge is 0.429 e. The molecule has 4 saturated heterocycles. The number of carbonyl (C=O) groups is 2. The molecule has 0 amide bonds. The Bertz CT molecular complexity index is 1730. The normalized spacial score (nSPS) is 40.3. The zero-order valence-electron chi connectivity index (χ0n) is 37.5. The lowest BCUT2D eigenvalue weighted by Gasteiger charge is -2.42. The Morgan fingerprint density at radius 1 is 0.397 bits per heavy atom. The molecule has 0 saturated carbocycles. The average molecular weight is 977 g/mol. The van der Waals surface area contributed by atoms with Gasteiger partial charge in [0.2, 0.25) is 12.6 Å². The van der Waals surface area contributed by atoms with Gasteiger partial charge in [-0.05, 0) is 27.7 Å². The van der Waals surface area contributed by atoms with E-state index >= 15 is 0 Å². The summed E-state index contributed by atoms with van der Waals surface area (Å²) in [6, 6.07) is 0. The van der Waals surface area contributed by atoms with E-state index in [2.05, 4.69) is 0 Å². The molecule has 14 N–H and O–H groups in total. The second-order valence-corrected chi connectivity index (χ2v) is 16.5. The van der Waals surface area contributed by atoms with Gasteiger partial charge >= 0.3 is 11.9 Å². The summed E-state index contributed by atoms with van der Waals surface area (Å²) in [4.78, 5) is 25.6. The number of esters is 2. The highest BCUT2D eigenvalue weighted by molar-refractivity contribution is 5.88. The van der Waals surface area contributed by atoms with Gasteiger partial charge in [-0.15, -0.1) is 0 Å². The molecule has 0 bridgehead atoms. The molecule has 384 valence electrons. The van der Waals surface area contributed by atoms with Crippen LogP contribution < -0.4 is 0 Å². The minimum Gasteiger partial charge on any atom is -0.429 e. The molecule has 0 aliphatic carbocycles. The second kappa shape index (κ2) is 26.5. The third-order valence-corrected chi connectivity index (χ3v) is 11.2. The van der Waals surface area contributed by atoms with Gasteiger partial charge in [0.25, 0.3) is 0 Å². The molecule has 0 aromatic carbocycles. The summed E-state index contributed by atoms with van der Waals surface area (Å²) in [5.74, 6) is -1.86. The zero-order chi connectivity index (χ0) is 50.6. The summed E-state index contributed by atoms with van der Waals surface area (Å²) in [7, 11) is 0. The minimum absolute atomic E-state index is 0.0726. The molecule has 4 aliphatic heterocycles. The first-order chi connectivity index (χ1) is 32.1. The predicted octanol–water partition coefficient (Wildman–Crippen LogP) is -5.23. The van der Waals surface area contributed by atoms with Crippen LogP contribution in [-0.2, 0) is 47.5 Å². The quantitative estimate of drug-likeness (QED) is 0.0347. The molecule has 0 spiro atoms. The Balaban J connectivity index is 1.23. The van der Waals surface area contributed by atoms with Crippen LogP contribution in [0.25, 0.3) is 0 Å². The van der Waals surface area contributed by atoms with E-state index in [1.54, 1.807) is 62.5 Å². The molecule has 4 heterocycles. The molecule has 4 aliphatic rings. The average Bonchev–Trinajstić information content (AvgIpc) is 3.31. The van der Waals surface area contributed by atoms with Gasteiger partial charge in [0.1, 0.15) is 97.7 Å². The number of aliphatic hydroxyl groups is 14. The number of ether oxygens (including phenoxy) is 8. The van der Waals surface area contributed by atoms with Gasteiger partial charge in [0.05, 0.1) is 26.4 Å². The van der Waals surface area contributed by atoms with Gasteiger partial charge in [-0.3, -0.25) is 0 Å². The first-order valence-corrected chi connectivity index (χ1v) is 21.5. The Morgan fingerprint density at radius 2 is 0.691 bits per heavy atom. The van der Waals surface area contributed by atoms with E-state index in [0.717, 1.165) is 11.1 Å². The number of hydrogen-bond acceptors (Lipinski definition) is 24. The minimum atomic E-state index is -1.86. The van der Waals surface area contributed by atoms with Crippen LogP contribution in [0.4, 0.5) is 0 Å². The van der Waals surface area contributed by atoms with Gasteiger partial charge in [0, 0.05) is 11.1 Å². The van der Waals surface area contributed by atoms with Crippen molar-refractivity contribution in [2.75, 3.05) is 26.4 Å². The van der Waals surface area contributed by atoms with Crippen molar-refractivity contribution in [1.29, 1.82) is 0 Å². The maximum Gasteiger partial charge on any atom is 0.336 e. The fourth-order valence-corrected chi connectivity index (χ4v) is 6.84. The van der Waals surface area contributed by atoms with Gasteiger partial charge in [-0.2, -0.15) is 0 Å². The molecule has 68 heavy (non-hydrogen) atoms. The smallest absolute Gasteiger partial charge is 0.336 e. The lowest BCUT2D eigenvalue weighted by atomic mass is 9.98. The highest BCUT2D eigenvalue weighted by Crippen LogP contribution is 2.28. The molecule has 0 aromatic heterocycles. The van der Waals surface area contributed by atoms with E-state index < -0.39 is 161 Å². The Hall–Kier alpha value is -3.68. The van der Waals surface area contributed by atoms with Crippen LogP contribution >= 0.6 is 0 Å². The van der Waals surface area contributed by atoms with Crippen molar-refractivity contribution in [1.82, 2.24) is 0 Å². The molecule has 20 atom stereocenters. The van der Waals surface area contributed by atoms with Crippen molar-refractivity contribution >= 4 is 11.9 Å². The summed E-state index contributed by atoms with van der Waals surface area (Å²) < 4.78 is 42.7. The Kier molecular flexibility index (Phi) is 22.2. The molecule has 4 rings (SSSR count). The third kappa shape index (κ3) is 14.9. The first-order valence-electron chi connectivity index (χ1n) is 21.5. The van der Waals surface area contributed by atoms with Crippen LogP contribution in [-0.4, -0.2) is 233 Å². The lowest BCUT2D eigenvalue weighted by molar-refractivity contribution is -0.326. The van der Waals surface area contributed by atoms with E-state index in [1.807, 2.05) is 0 Å². The highest BCUT2D eigenvalue weighted by Gasteiger charge is 2.50. The van der Waals surface area contributed by atoms with Crippen molar-refractivity contribution in [2.45, 2.75) is 151 Å². The first kappa shape index (κ1) is 56.9. The van der Waals surface area contributed by atoms with Gasteiger partial charge < -0.3 is 109 Å². The molecular formula is C44H64O24. The summed E-state index contributed by atoms with van der Waals surface area (Å²) in [5, 5.41) is 142. The number of aliphatic hydroxyl groups excluding tert-OH is 14. The van der Waals surface area contributed by atoms with Crippen LogP contribution in [0.2, 0.25) is 0 Å². The summed E-state index contributed by atoms with van der Waals surface area (Å²) in [6.07, 6.45) is -16.8. The van der Waals surface area contributed by atoms with Crippen molar-refractivity contribution in [2.24, 2.45) is 0 Å². The molecule has 24 heteroatoms. The lowest BCUT2D eigenvalue weighted by Crippen LogP contribution is -2.61. The number of allylic oxidation sites excluding steroid dienone is 12. The van der Waals surface area contributed by atoms with Crippen LogP contribution in [0.15, 0.2) is 83.1 Å². The topological polar surface area (TPSA) is 391 Å². The number of carbonyl (C=O) groups excluding carboxylic acids is 2. The number of hydrogen-bond donors (Lipinski definition) is 14. The fourth-order valence-electron chi connectivity index (χ4n) is 6.84. The molecule has 0 aromatic rings. The SMILES string of the molecule is CC(/C=C/C=C(\C)C(=O)O[C@@H]1OC(CO[C@@H]2OC(CO)[C@@H](O)C(O)C2O)[C@@H](O)C(O)C1O)=C\C=C\C=C(C)\C=C\C=C(/C)C(=O)O[C@@H]1OC(CO[C@@H]2OC(CO)[C@@H](O)C(O)C2O)[C@@H](O)C(O)C1O. The van der Waals surface area contributed by atoms with Crippen molar-refractivity contribution < 1.29 is 119 Å². The summed E-state index contributed by atoms with van der Waals surface area (Å²) >= 11 is 0. The van der Waals surface area contributed by atoms with E-state index in [-0.39, 0.29) is 11.1 Å². The van der Waals surface area contributed by atoms with Crippen LogP contribution in [0.3, 0.4) is 0 Å². The predicted molar refractivity (Wildman–Crippen MR) is 227 cm³/mol. The standard InChI is InChI=1S/C44H64O24/c1-19(11-7-13-21(3)39(59)67-43-37(57)33(53)29(49)25(65-43)17-61-41-35(55)31(51)27(47)23(15-45)63-41)9-5-6-10-20(2)12-8-14-22(4)40(60)68-44-38(58)34(54)30(50)26(66-44)18-62-42-36(56)32(52)28(48)24(16-46)64-42/h5-14,23-38,41-58H,15-18H2,1-4H3/b6-5+,11-7+,12-8+,19-9+,20-10+,21-13+,22-14+/t23?,24?,25?,26?,27-,28-,29-,30-,31?,32?,33?,34?,35?,36?,37?,38?,41-,42-,43+,44+/m1/s1. The maximum absolute atomic E-state index is 12.8. The third-order valence-electron chi connectivity index (χ3n) is 11.2. The Labute approximate surface area is 390 Å². The van der Waals surface area contributed by atoms with Gasteiger partial charge in [-0.1, -0.05) is 71.9 Å². The van der Waals surface area contributed by atoms with E-state index in [0.29, 0.717) is 0 Å². The van der Waals surface area contributed by atoms with Crippen molar-refractivity contribution in [3.05, 3.63) is 83.1 Å². The van der Waals surface area contributed by atoms with Crippen LogP contribution in [0.1, 0.15) is 27.7 Å². The molecule has 0 radical (unpaired) electrons. The molecule has 4 fully saturated rings. The van der Waals surface area contributed by atoms with Crippen molar-refractivity contribution in [3.8, 4) is 0 Å². The fraction of sp³-hybridized carbons (Fsp3) is 0.636.